The second-order valence-electron chi connectivity index (χ2n) is 6.18. The minimum Gasteiger partial charge on any atom is -0.497 e. The Kier molecular flexibility index (Phi) is 4.64. The molecule has 0 unspecified atom stereocenters. The number of hydrogen-bond donors (Lipinski definition) is 1. The van der Waals surface area contributed by atoms with Crippen molar-refractivity contribution in [1.29, 1.82) is 0 Å². The summed E-state index contributed by atoms with van der Waals surface area (Å²) in [6, 6.07) is 10.8. The van der Waals surface area contributed by atoms with Gasteiger partial charge in [0.2, 0.25) is 17.7 Å². The average Bonchev–Trinajstić information content (AvgIpc) is 3.42. The van der Waals surface area contributed by atoms with E-state index >= 15 is 0 Å². The first-order valence-corrected chi connectivity index (χ1v) is 9.33. The number of thiophene rings is 1. The molecule has 1 N–H and O–H groups in total. The molecule has 8 heteroatoms. The lowest BCUT2D eigenvalue weighted by molar-refractivity contribution is -0.122. The Morgan fingerprint density at radius 3 is 2.85 bits per heavy atom. The van der Waals surface area contributed by atoms with Gasteiger partial charge >= 0.3 is 0 Å². The smallest absolute Gasteiger partial charge is 0.232 e. The summed E-state index contributed by atoms with van der Waals surface area (Å²) >= 11 is 1.56. The van der Waals surface area contributed by atoms with Crippen molar-refractivity contribution in [3.63, 3.8) is 0 Å². The van der Waals surface area contributed by atoms with E-state index in [1.165, 1.54) is 0 Å². The molecule has 1 fully saturated rings. The maximum Gasteiger partial charge on any atom is 0.232 e. The molecule has 2 aromatic heterocycles. The fourth-order valence-corrected chi connectivity index (χ4v) is 3.65. The van der Waals surface area contributed by atoms with E-state index in [1.54, 1.807) is 53.7 Å². The fourth-order valence-electron chi connectivity index (χ4n) is 3.00. The van der Waals surface area contributed by atoms with Crippen molar-refractivity contribution in [3.8, 4) is 17.0 Å². The predicted molar refractivity (Wildman–Crippen MR) is 102 cm³/mol. The first-order chi connectivity index (χ1) is 13.1. The molecule has 0 radical (unpaired) electrons. The van der Waals surface area contributed by atoms with Gasteiger partial charge in [0.25, 0.3) is 0 Å². The monoisotopic (exact) mass is 383 g/mol. The average molecular weight is 383 g/mol. The number of amides is 2. The van der Waals surface area contributed by atoms with Gasteiger partial charge in [0.15, 0.2) is 0 Å². The van der Waals surface area contributed by atoms with Gasteiger partial charge in [-0.05, 0) is 35.7 Å². The number of rotatable bonds is 5. The summed E-state index contributed by atoms with van der Waals surface area (Å²) in [4.78, 5) is 26.5. The normalized spacial score (nSPS) is 16.6. The van der Waals surface area contributed by atoms with Gasteiger partial charge in [-0.25, -0.2) is 0 Å². The predicted octanol–water partition coefficient (Wildman–Crippen LogP) is 3.40. The first-order valence-electron chi connectivity index (χ1n) is 8.38. The molecule has 1 aliphatic rings. The van der Waals surface area contributed by atoms with Gasteiger partial charge in [-0.15, -0.1) is 0 Å². The van der Waals surface area contributed by atoms with Crippen molar-refractivity contribution in [3.05, 3.63) is 47.2 Å². The van der Waals surface area contributed by atoms with E-state index in [9.17, 15) is 9.59 Å². The lowest BCUT2D eigenvalue weighted by Gasteiger charge is -2.16. The zero-order chi connectivity index (χ0) is 18.8. The van der Waals surface area contributed by atoms with Crippen molar-refractivity contribution < 1.29 is 18.8 Å². The molecule has 0 saturated carbocycles. The Morgan fingerprint density at radius 1 is 1.33 bits per heavy atom. The van der Waals surface area contributed by atoms with Gasteiger partial charge < -0.3 is 14.2 Å². The van der Waals surface area contributed by atoms with Crippen LogP contribution in [0.15, 0.2) is 51.7 Å². The Labute approximate surface area is 159 Å². The third kappa shape index (κ3) is 3.56. The van der Waals surface area contributed by atoms with Gasteiger partial charge in [0.05, 0.1) is 13.0 Å². The second kappa shape index (κ2) is 7.24. The van der Waals surface area contributed by atoms with Crippen LogP contribution in [0.3, 0.4) is 0 Å². The number of anilines is 2. The molecule has 1 saturated heterocycles. The maximum atomic E-state index is 12.5. The molecule has 3 heterocycles. The van der Waals surface area contributed by atoms with E-state index in [4.69, 9.17) is 9.26 Å². The van der Waals surface area contributed by atoms with E-state index in [2.05, 4.69) is 10.5 Å². The van der Waals surface area contributed by atoms with Gasteiger partial charge in [-0.2, -0.15) is 11.3 Å². The number of hydrogen-bond acceptors (Lipinski definition) is 6. The summed E-state index contributed by atoms with van der Waals surface area (Å²) in [6.45, 7) is 0.322. The zero-order valence-electron chi connectivity index (χ0n) is 14.5. The van der Waals surface area contributed by atoms with Gasteiger partial charge in [-0.1, -0.05) is 5.16 Å². The number of nitrogens with zero attached hydrogens (tertiary/aromatic N) is 2. The number of aromatic nitrogens is 1. The molecular formula is C19H17N3O4S. The molecular weight excluding hydrogens is 366 g/mol. The highest BCUT2D eigenvalue weighted by atomic mass is 32.1. The number of ether oxygens (including phenoxy) is 1. The standard InChI is InChI=1S/C19H17N3O4S/c1-25-15-4-2-14(3-5-15)22-10-13(8-18(22)23)19(24)20-17-9-16(21-26-17)12-6-7-27-11-12/h2-7,9,11,13H,8,10H2,1H3,(H,20,24)/t13-/m0/s1. The van der Waals surface area contributed by atoms with Crippen LogP contribution in [0.4, 0.5) is 11.6 Å². The van der Waals surface area contributed by atoms with Crippen LogP contribution in [-0.4, -0.2) is 30.6 Å². The Hall–Kier alpha value is -3.13. The highest BCUT2D eigenvalue weighted by Gasteiger charge is 2.35. The largest absolute Gasteiger partial charge is 0.497 e. The van der Waals surface area contributed by atoms with Crippen LogP contribution in [0.2, 0.25) is 0 Å². The van der Waals surface area contributed by atoms with Gasteiger partial charge in [0.1, 0.15) is 11.4 Å². The van der Waals surface area contributed by atoms with Crippen LogP contribution in [0, 0.1) is 5.92 Å². The summed E-state index contributed by atoms with van der Waals surface area (Å²) in [7, 11) is 1.59. The number of methoxy groups -OCH3 is 1. The Balaban J connectivity index is 1.41. The van der Waals surface area contributed by atoms with Crippen molar-refractivity contribution in [2.75, 3.05) is 23.9 Å². The summed E-state index contributed by atoms with van der Waals surface area (Å²) in [5.74, 6) is 0.196. The van der Waals surface area contributed by atoms with E-state index in [0.717, 1.165) is 11.3 Å². The second-order valence-corrected chi connectivity index (χ2v) is 6.96. The molecule has 4 rings (SSSR count). The summed E-state index contributed by atoms with van der Waals surface area (Å²) in [6.07, 6.45) is 0.156. The quantitative estimate of drug-likeness (QED) is 0.730. The first kappa shape index (κ1) is 17.3. The van der Waals surface area contributed by atoms with Crippen LogP contribution in [-0.2, 0) is 9.59 Å². The van der Waals surface area contributed by atoms with Crippen LogP contribution in [0.5, 0.6) is 5.75 Å². The van der Waals surface area contributed by atoms with Crippen molar-refractivity contribution in [2.24, 2.45) is 5.92 Å². The highest BCUT2D eigenvalue weighted by molar-refractivity contribution is 7.08. The lowest BCUT2D eigenvalue weighted by atomic mass is 10.1. The van der Waals surface area contributed by atoms with E-state index in [0.29, 0.717) is 18.0 Å². The van der Waals surface area contributed by atoms with Crippen molar-refractivity contribution >= 4 is 34.7 Å². The summed E-state index contributed by atoms with van der Waals surface area (Å²) in [5.41, 5.74) is 2.34. The maximum absolute atomic E-state index is 12.5. The number of benzene rings is 1. The molecule has 0 aliphatic carbocycles. The number of carbonyl (C=O) groups is 2. The molecule has 1 aromatic carbocycles. The molecule has 0 spiro atoms. The zero-order valence-corrected chi connectivity index (χ0v) is 15.4. The molecule has 3 aromatic rings. The fraction of sp³-hybridized carbons (Fsp3) is 0.211. The topological polar surface area (TPSA) is 84.7 Å². The summed E-state index contributed by atoms with van der Waals surface area (Å²) in [5, 5.41) is 10.6. The molecule has 7 nitrogen and oxygen atoms in total. The van der Waals surface area contributed by atoms with Gasteiger partial charge in [0, 0.05) is 35.7 Å². The van der Waals surface area contributed by atoms with Crippen molar-refractivity contribution in [1.82, 2.24) is 5.16 Å². The molecule has 2 amide bonds. The number of carbonyl (C=O) groups excluding carboxylic acids is 2. The van der Waals surface area contributed by atoms with E-state index in [1.807, 2.05) is 16.8 Å². The Morgan fingerprint density at radius 2 is 2.15 bits per heavy atom. The molecule has 1 atom stereocenters. The molecule has 138 valence electrons. The molecule has 1 aliphatic heterocycles. The van der Waals surface area contributed by atoms with Crippen LogP contribution in [0.1, 0.15) is 6.42 Å². The minimum absolute atomic E-state index is 0.0863. The van der Waals surface area contributed by atoms with Crippen LogP contribution >= 0.6 is 11.3 Å². The van der Waals surface area contributed by atoms with E-state index < -0.39 is 5.92 Å². The van der Waals surface area contributed by atoms with Crippen LogP contribution in [0.25, 0.3) is 11.3 Å². The third-order valence-electron chi connectivity index (χ3n) is 4.45. The van der Waals surface area contributed by atoms with E-state index in [-0.39, 0.29) is 24.1 Å². The molecule has 27 heavy (non-hydrogen) atoms. The van der Waals surface area contributed by atoms with Gasteiger partial charge in [-0.3, -0.25) is 14.9 Å². The van der Waals surface area contributed by atoms with Crippen LogP contribution < -0.4 is 15.0 Å². The SMILES string of the molecule is COc1ccc(N2C[C@@H](C(=O)Nc3cc(-c4ccsc4)no3)CC2=O)cc1. The minimum atomic E-state index is -0.450. The Bertz CT molecular complexity index is 950. The lowest BCUT2D eigenvalue weighted by Crippen LogP contribution is -2.28. The summed E-state index contributed by atoms with van der Waals surface area (Å²) < 4.78 is 10.3. The number of nitrogens with one attached hydrogen (secondary N) is 1. The highest BCUT2D eigenvalue weighted by Crippen LogP contribution is 2.28. The van der Waals surface area contributed by atoms with Crippen molar-refractivity contribution in [2.45, 2.75) is 6.42 Å². The third-order valence-corrected chi connectivity index (χ3v) is 5.14. The molecule has 0 bridgehead atoms.